The van der Waals surface area contributed by atoms with Crippen molar-refractivity contribution < 1.29 is 0 Å². The summed E-state index contributed by atoms with van der Waals surface area (Å²) >= 11 is 3.63. The van der Waals surface area contributed by atoms with E-state index in [1.807, 2.05) is 18.7 Å². The Bertz CT molecular complexity index is 401. The van der Waals surface area contributed by atoms with Crippen LogP contribution in [-0.4, -0.2) is 52.3 Å². The Morgan fingerprint density at radius 1 is 1.35 bits per heavy atom. The van der Waals surface area contributed by atoms with E-state index in [0.717, 1.165) is 36.3 Å². The second-order valence-electron chi connectivity index (χ2n) is 5.03. The summed E-state index contributed by atoms with van der Waals surface area (Å²) < 4.78 is 3.15. The largest absolute Gasteiger partial charge is 0.301 e. The van der Waals surface area contributed by atoms with E-state index in [1.54, 1.807) is 0 Å². The molecule has 96 valence electrons. The molecule has 1 aromatic heterocycles. The fraction of sp³-hybridized carbons (Fsp3) is 0.750. The molecule has 1 atom stereocenters. The highest BCUT2D eigenvalue weighted by Gasteiger charge is 2.22. The molecule has 0 aliphatic carbocycles. The summed E-state index contributed by atoms with van der Waals surface area (Å²) in [6, 6.07) is 0.636. The highest BCUT2D eigenvalue weighted by molar-refractivity contribution is 9.10. The van der Waals surface area contributed by atoms with E-state index in [0.29, 0.717) is 6.04 Å². The molecule has 1 unspecified atom stereocenters. The van der Waals surface area contributed by atoms with Gasteiger partial charge in [-0.3, -0.25) is 9.58 Å². The van der Waals surface area contributed by atoms with Crippen LogP contribution in [0, 0.1) is 6.92 Å². The van der Waals surface area contributed by atoms with Crippen LogP contribution in [0.3, 0.4) is 0 Å². The minimum absolute atomic E-state index is 0.636. The molecule has 2 rings (SSSR count). The van der Waals surface area contributed by atoms with Gasteiger partial charge in [-0.25, -0.2) is 0 Å². The van der Waals surface area contributed by atoms with Crippen LogP contribution in [0.5, 0.6) is 0 Å². The molecule has 1 fully saturated rings. The Kier molecular flexibility index (Phi) is 3.90. The zero-order valence-corrected chi connectivity index (χ0v) is 12.7. The number of likely N-dealkylation sites (N-methyl/N-ethyl adjacent to an activating group) is 1. The number of hydrogen-bond acceptors (Lipinski definition) is 3. The Balaban J connectivity index is 2.06. The van der Waals surface area contributed by atoms with Gasteiger partial charge in [0, 0.05) is 39.3 Å². The lowest BCUT2D eigenvalue weighted by atomic mass is 10.2. The number of aromatic nitrogens is 2. The van der Waals surface area contributed by atoms with E-state index in [-0.39, 0.29) is 0 Å². The van der Waals surface area contributed by atoms with E-state index in [4.69, 9.17) is 0 Å². The molecular formula is C12H21BrN4. The van der Waals surface area contributed by atoms with E-state index in [9.17, 15) is 0 Å². The highest BCUT2D eigenvalue weighted by Crippen LogP contribution is 2.22. The molecule has 1 aliphatic heterocycles. The van der Waals surface area contributed by atoms with Crippen molar-refractivity contribution in [3.63, 3.8) is 0 Å². The number of halogens is 1. The van der Waals surface area contributed by atoms with Crippen LogP contribution in [0.15, 0.2) is 4.47 Å². The number of rotatable bonds is 2. The summed E-state index contributed by atoms with van der Waals surface area (Å²) in [7, 11) is 4.22. The first-order chi connectivity index (χ1) is 7.99. The molecule has 1 aliphatic rings. The fourth-order valence-electron chi connectivity index (χ4n) is 2.33. The zero-order chi connectivity index (χ0) is 12.6. The van der Waals surface area contributed by atoms with Crippen molar-refractivity contribution >= 4 is 15.9 Å². The summed E-state index contributed by atoms with van der Waals surface area (Å²) in [5, 5.41) is 4.44. The molecule has 2 heterocycles. The molecule has 0 bridgehead atoms. The van der Waals surface area contributed by atoms with Gasteiger partial charge in [-0.1, -0.05) is 0 Å². The van der Waals surface area contributed by atoms with Gasteiger partial charge in [-0.2, -0.15) is 5.10 Å². The maximum Gasteiger partial charge on any atom is 0.0739 e. The topological polar surface area (TPSA) is 24.3 Å². The van der Waals surface area contributed by atoms with Crippen molar-refractivity contribution in [3.05, 3.63) is 15.9 Å². The lowest BCUT2D eigenvalue weighted by Crippen LogP contribution is -2.49. The molecule has 4 nitrogen and oxygen atoms in total. The number of nitrogens with zero attached hydrogens (tertiary/aromatic N) is 4. The number of hydrogen-bond donors (Lipinski definition) is 0. The molecule has 0 N–H and O–H groups in total. The van der Waals surface area contributed by atoms with Crippen LogP contribution in [0.4, 0.5) is 0 Å². The number of aryl methyl sites for hydroxylation is 2. The van der Waals surface area contributed by atoms with Crippen molar-refractivity contribution in [2.45, 2.75) is 26.4 Å². The van der Waals surface area contributed by atoms with Gasteiger partial charge >= 0.3 is 0 Å². The molecule has 0 spiro atoms. The van der Waals surface area contributed by atoms with Gasteiger partial charge in [-0.05, 0) is 36.8 Å². The third kappa shape index (κ3) is 2.72. The van der Waals surface area contributed by atoms with Crippen LogP contribution in [0.2, 0.25) is 0 Å². The molecule has 0 radical (unpaired) electrons. The van der Waals surface area contributed by atoms with Gasteiger partial charge in [0.2, 0.25) is 0 Å². The van der Waals surface area contributed by atoms with Gasteiger partial charge in [0.1, 0.15) is 0 Å². The Hall–Kier alpha value is -0.390. The maximum atomic E-state index is 4.44. The van der Waals surface area contributed by atoms with E-state index < -0.39 is 0 Å². The first-order valence-corrected chi connectivity index (χ1v) is 6.89. The summed E-state index contributed by atoms with van der Waals surface area (Å²) in [6.45, 7) is 8.73. The predicted molar refractivity (Wildman–Crippen MR) is 73.0 cm³/mol. The Morgan fingerprint density at radius 3 is 2.59 bits per heavy atom. The Morgan fingerprint density at radius 2 is 2.06 bits per heavy atom. The van der Waals surface area contributed by atoms with Crippen molar-refractivity contribution in [1.82, 2.24) is 19.6 Å². The van der Waals surface area contributed by atoms with Crippen LogP contribution in [0.25, 0.3) is 0 Å². The molecule has 0 saturated carbocycles. The zero-order valence-electron chi connectivity index (χ0n) is 11.1. The standard InChI is InChI=1S/C12H21BrN4/c1-9-7-17(6-5-15(9)3)8-11-12(13)10(2)14-16(11)4/h9H,5-8H2,1-4H3. The molecule has 0 aromatic carbocycles. The molecule has 5 heteroatoms. The minimum atomic E-state index is 0.636. The first-order valence-electron chi connectivity index (χ1n) is 6.09. The summed E-state index contributed by atoms with van der Waals surface area (Å²) in [4.78, 5) is 4.92. The second kappa shape index (κ2) is 5.08. The average molecular weight is 301 g/mol. The van der Waals surface area contributed by atoms with Crippen LogP contribution in [0.1, 0.15) is 18.3 Å². The lowest BCUT2D eigenvalue weighted by molar-refractivity contribution is 0.0980. The van der Waals surface area contributed by atoms with Gasteiger partial charge < -0.3 is 4.90 Å². The molecule has 0 amide bonds. The van der Waals surface area contributed by atoms with E-state index in [1.165, 1.54) is 5.69 Å². The SMILES string of the molecule is Cc1nn(C)c(CN2CCN(C)C(C)C2)c1Br. The highest BCUT2D eigenvalue weighted by atomic mass is 79.9. The third-order valence-corrected chi connectivity index (χ3v) is 4.71. The minimum Gasteiger partial charge on any atom is -0.301 e. The van der Waals surface area contributed by atoms with Gasteiger partial charge in [-0.15, -0.1) is 0 Å². The summed E-state index contributed by atoms with van der Waals surface area (Å²) in [6.07, 6.45) is 0. The Labute approximate surface area is 112 Å². The van der Waals surface area contributed by atoms with Gasteiger partial charge in [0.15, 0.2) is 0 Å². The van der Waals surface area contributed by atoms with Crippen LogP contribution < -0.4 is 0 Å². The molecule has 17 heavy (non-hydrogen) atoms. The normalized spacial score (nSPS) is 23.2. The van der Waals surface area contributed by atoms with Crippen LogP contribution in [-0.2, 0) is 13.6 Å². The third-order valence-electron chi connectivity index (χ3n) is 3.68. The molecule has 1 aromatic rings. The van der Waals surface area contributed by atoms with Crippen LogP contribution >= 0.6 is 15.9 Å². The monoisotopic (exact) mass is 300 g/mol. The van der Waals surface area contributed by atoms with E-state index in [2.05, 4.69) is 44.8 Å². The maximum absolute atomic E-state index is 4.44. The predicted octanol–water partition coefficient (Wildman–Crippen LogP) is 1.63. The summed E-state index contributed by atoms with van der Waals surface area (Å²) in [5.74, 6) is 0. The smallest absolute Gasteiger partial charge is 0.0739 e. The van der Waals surface area contributed by atoms with Crippen molar-refractivity contribution in [2.75, 3.05) is 26.7 Å². The average Bonchev–Trinajstić information content (AvgIpc) is 2.50. The second-order valence-corrected chi connectivity index (χ2v) is 5.83. The molecule has 1 saturated heterocycles. The fourth-order valence-corrected chi connectivity index (χ4v) is 2.79. The molecular weight excluding hydrogens is 280 g/mol. The van der Waals surface area contributed by atoms with Crippen molar-refractivity contribution in [1.29, 1.82) is 0 Å². The summed E-state index contributed by atoms with van der Waals surface area (Å²) in [5.41, 5.74) is 2.35. The van der Waals surface area contributed by atoms with Gasteiger partial charge in [0.25, 0.3) is 0 Å². The quantitative estimate of drug-likeness (QED) is 0.830. The number of piperazine rings is 1. The van der Waals surface area contributed by atoms with E-state index >= 15 is 0 Å². The first kappa shape index (κ1) is 13.1. The van der Waals surface area contributed by atoms with Crippen molar-refractivity contribution in [3.8, 4) is 0 Å². The van der Waals surface area contributed by atoms with Crippen molar-refractivity contribution in [2.24, 2.45) is 7.05 Å². The van der Waals surface area contributed by atoms with Gasteiger partial charge in [0.05, 0.1) is 15.9 Å². The lowest BCUT2D eigenvalue weighted by Gasteiger charge is -2.37.